The van der Waals surface area contributed by atoms with Crippen LogP contribution in [-0.2, 0) is 52.4 Å². The molecule has 1 unspecified atom stereocenters. The Morgan fingerprint density at radius 1 is 1.10 bits per heavy atom. The predicted octanol–water partition coefficient (Wildman–Crippen LogP) is 4.01. The fourth-order valence-electron chi connectivity index (χ4n) is 6.21. The van der Waals surface area contributed by atoms with Crippen molar-refractivity contribution in [1.29, 1.82) is 0 Å². The summed E-state index contributed by atoms with van der Waals surface area (Å²) in [5.41, 5.74) is -0.749. The number of rotatable bonds is 11. The van der Waals surface area contributed by atoms with E-state index in [1.54, 1.807) is 55.6 Å². The molecular weight excluding hydrogens is 813 g/mol. The number of carbonyl (C=O) groups is 6. The molecule has 19 heteroatoms. The summed E-state index contributed by atoms with van der Waals surface area (Å²) in [6.07, 6.45) is 5.62. The van der Waals surface area contributed by atoms with Gasteiger partial charge in [-0.05, 0) is 51.8 Å². The minimum absolute atomic E-state index is 0.0140. The van der Waals surface area contributed by atoms with Gasteiger partial charge in [0, 0.05) is 11.8 Å². The van der Waals surface area contributed by atoms with E-state index in [-0.39, 0.29) is 36.7 Å². The van der Waals surface area contributed by atoms with Crippen molar-refractivity contribution < 1.29 is 52.0 Å². The smallest absolute Gasteiger partial charge is 0.519 e. The van der Waals surface area contributed by atoms with E-state index < -0.39 is 93.6 Å². The first-order valence-electron chi connectivity index (χ1n) is 18.0. The van der Waals surface area contributed by atoms with Gasteiger partial charge in [-0.15, -0.1) is 11.3 Å². The molecule has 2 aliphatic rings. The second kappa shape index (κ2) is 19.1. The molecule has 0 spiro atoms. The van der Waals surface area contributed by atoms with Gasteiger partial charge < -0.3 is 33.9 Å². The summed E-state index contributed by atoms with van der Waals surface area (Å²) in [7, 11) is 0. The summed E-state index contributed by atoms with van der Waals surface area (Å²) in [4.78, 5) is 95.4. The maximum atomic E-state index is 14.6. The normalized spacial score (nSPS) is 24.1. The maximum Gasteiger partial charge on any atom is 0.519 e. The van der Waals surface area contributed by atoms with E-state index in [1.807, 2.05) is 6.07 Å². The van der Waals surface area contributed by atoms with Gasteiger partial charge >= 0.3 is 11.9 Å². The molecule has 5 rings (SSSR count). The van der Waals surface area contributed by atoms with Gasteiger partial charge in [-0.25, -0.2) is 14.6 Å². The highest BCUT2D eigenvalue weighted by Crippen LogP contribution is 2.50. The average molecular weight is 855 g/mol. The lowest BCUT2D eigenvalue weighted by molar-refractivity contribution is -0.133. The van der Waals surface area contributed by atoms with E-state index in [0.29, 0.717) is 28.0 Å². The van der Waals surface area contributed by atoms with E-state index in [0.717, 1.165) is 9.87 Å². The van der Waals surface area contributed by atoms with Crippen molar-refractivity contribution >= 4 is 75.1 Å². The summed E-state index contributed by atoms with van der Waals surface area (Å²) >= 11 is -0.507. The Balaban J connectivity index is 1.37. The van der Waals surface area contributed by atoms with Crippen molar-refractivity contribution in [2.45, 2.75) is 75.7 Å². The number of nitrogens with zero attached hydrogens (tertiary/aromatic N) is 2. The zero-order valence-corrected chi connectivity index (χ0v) is 34.5. The summed E-state index contributed by atoms with van der Waals surface area (Å²) < 4.78 is 28.8. The summed E-state index contributed by atoms with van der Waals surface area (Å²) in [6.45, 7) is 4.83. The fourth-order valence-corrected chi connectivity index (χ4v) is 10.1. The van der Waals surface area contributed by atoms with Crippen LogP contribution in [-0.4, -0.2) is 77.0 Å². The van der Waals surface area contributed by atoms with Crippen molar-refractivity contribution in [2.24, 2.45) is 5.92 Å². The third-order valence-electron chi connectivity index (χ3n) is 9.63. The topological polar surface area (TPSA) is 238 Å². The number of aryl methyl sites for hydroxylation is 1. The van der Waals surface area contributed by atoms with Crippen LogP contribution in [0.2, 0.25) is 0 Å². The second-order valence-electron chi connectivity index (χ2n) is 13.8. The molecule has 1 aromatic carbocycles. The quantitative estimate of drug-likeness (QED) is 0.140. The number of ether oxygens (including phenoxy) is 1. The van der Waals surface area contributed by atoms with Crippen LogP contribution in [0.3, 0.4) is 0 Å². The highest BCUT2D eigenvalue weighted by Gasteiger charge is 2.69. The molecule has 58 heavy (non-hydrogen) atoms. The largest absolute Gasteiger partial charge is 0.592 e. The number of aromatic nitrogens is 1. The number of Topliss-reactive ketones (excluding diaryl/α,β-unsaturated/α-hetero) is 1. The number of carbonyl (C=O) groups excluding carboxylic acids is 6. The number of aliphatic hydroxyl groups is 1. The Hall–Kier alpha value is -5.08. The number of alkyl carbamates (subject to hydrolysis) is 1. The number of thioether (sulfide) groups is 1. The fraction of sp³-hybridized carbons (Fsp3) is 0.385. The van der Waals surface area contributed by atoms with Crippen LogP contribution in [0.5, 0.6) is 0 Å². The minimum Gasteiger partial charge on any atom is -0.592 e. The lowest BCUT2D eigenvalue weighted by atomic mass is 9.81. The number of allylic oxidation sites excluding steroid dienone is 5. The molecular formula is C39H42N4O12S3. The van der Waals surface area contributed by atoms with Crippen LogP contribution in [0.15, 0.2) is 79.2 Å². The SMILES string of the molecule is C/C1=C/[C@@H](C(=O)CNC(=O)CNC(=O)OCc2ccccc2)C(=O)/C=C\C=C/c2csc(n2)[C@@H](C)N2C(=O)C[C@@]([C@@](C)(O)C(=O)SCc3oc(=O)oc3C)(CC1)[S+]2[O-]. The molecule has 5 atom stereocenters. The van der Waals surface area contributed by atoms with Crippen molar-refractivity contribution in [1.82, 2.24) is 19.9 Å². The number of ketones is 2. The number of benzene rings is 1. The van der Waals surface area contributed by atoms with Gasteiger partial charge in [-0.2, -0.15) is 4.31 Å². The molecule has 0 radical (unpaired) electrons. The molecule has 1 saturated heterocycles. The number of fused-ring (bicyclic) bond motifs is 4. The van der Waals surface area contributed by atoms with Crippen LogP contribution in [0.25, 0.3) is 6.08 Å². The van der Waals surface area contributed by atoms with E-state index in [2.05, 4.69) is 15.6 Å². The Labute approximate surface area is 344 Å². The Kier molecular flexibility index (Phi) is 14.5. The number of hydrogen-bond acceptors (Lipinski definition) is 15. The van der Waals surface area contributed by atoms with Gasteiger partial charge in [0.25, 0.3) is 5.91 Å². The first-order valence-corrected chi connectivity index (χ1v) is 21.0. The standard InChI is InChI=1S/C39H42N4O12S3/c1-23-14-15-39(38(4,51)35(48)57-22-31-25(3)54-37(50)55-31)17-33(47)43(58(39)52)24(2)34-42-27(21-56-34)12-8-9-13-29(44)28(16-23)30(45)18-40-32(46)19-41-36(49)53-20-26-10-6-5-7-11-26/h5-13,16,21,24,28,51H,14-15,17-20,22H2,1-4H3,(H,40,46)(H,41,49)/b12-8-,13-9-,23-16-/t24-,28-,38+,39-,58?/m1/s1. The molecule has 2 aromatic heterocycles. The van der Waals surface area contributed by atoms with Crippen molar-refractivity contribution in [3.05, 3.63) is 104 Å². The van der Waals surface area contributed by atoms with E-state index in [9.17, 15) is 43.2 Å². The van der Waals surface area contributed by atoms with Crippen molar-refractivity contribution in [3.63, 3.8) is 0 Å². The Bertz CT molecular complexity index is 2190. The van der Waals surface area contributed by atoms with Gasteiger partial charge in [0.2, 0.25) is 11.0 Å². The minimum atomic E-state index is -2.40. The molecule has 0 aliphatic carbocycles. The lowest BCUT2D eigenvalue weighted by Gasteiger charge is -2.40. The molecule has 4 bridgehead atoms. The third-order valence-corrected chi connectivity index (χ3v) is 14.0. The predicted molar refractivity (Wildman–Crippen MR) is 214 cm³/mol. The zero-order chi connectivity index (χ0) is 42.2. The van der Waals surface area contributed by atoms with Crippen molar-refractivity contribution in [3.8, 4) is 0 Å². The summed E-state index contributed by atoms with van der Waals surface area (Å²) in [6, 6.07) is 8.11. The molecule has 1 fully saturated rings. The van der Waals surface area contributed by atoms with Gasteiger partial charge in [0.15, 0.2) is 27.7 Å². The summed E-state index contributed by atoms with van der Waals surface area (Å²) in [5, 5.41) is 18.1. The maximum absolute atomic E-state index is 14.6. The van der Waals surface area contributed by atoms with E-state index in [4.69, 9.17) is 13.6 Å². The first kappa shape index (κ1) is 44.0. The molecule has 0 saturated carbocycles. The second-order valence-corrected chi connectivity index (χ2v) is 17.3. The first-order chi connectivity index (χ1) is 27.5. The third kappa shape index (κ3) is 10.3. The number of amides is 3. The van der Waals surface area contributed by atoms with E-state index >= 15 is 0 Å². The summed E-state index contributed by atoms with van der Waals surface area (Å²) in [5.74, 6) is -4.95. The van der Waals surface area contributed by atoms with Crippen LogP contribution in [0, 0.1) is 12.8 Å². The highest BCUT2D eigenvalue weighted by atomic mass is 32.2. The zero-order valence-electron chi connectivity index (χ0n) is 32.0. The van der Waals surface area contributed by atoms with Crippen molar-refractivity contribution in [2.75, 3.05) is 13.1 Å². The van der Waals surface area contributed by atoms with E-state index in [1.165, 1.54) is 43.4 Å². The van der Waals surface area contributed by atoms with Gasteiger partial charge in [-0.3, -0.25) is 24.0 Å². The molecule has 3 aromatic rings. The number of nitrogens with one attached hydrogen (secondary N) is 2. The Morgan fingerprint density at radius 3 is 2.53 bits per heavy atom. The molecule has 16 nitrogen and oxygen atoms in total. The molecule has 3 amide bonds. The van der Waals surface area contributed by atoms with Crippen LogP contribution >= 0.6 is 23.1 Å². The molecule has 2 aliphatic heterocycles. The van der Waals surface area contributed by atoms with Crippen LogP contribution in [0.4, 0.5) is 4.79 Å². The lowest BCUT2D eigenvalue weighted by Crippen LogP contribution is -2.60. The molecule has 308 valence electrons. The average Bonchev–Trinajstić information content (AvgIpc) is 3.88. The highest BCUT2D eigenvalue weighted by molar-refractivity contribution is 8.13. The Morgan fingerprint density at radius 2 is 1.83 bits per heavy atom. The van der Waals surface area contributed by atoms with Gasteiger partial charge in [0.05, 0.1) is 35.8 Å². The van der Waals surface area contributed by atoms with Gasteiger partial charge in [0.1, 0.15) is 35.9 Å². The molecule has 4 heterocycles. The van der Waals surface area contributed by atoms with Gasteiger partial charge in [-0.1, -0.05) is 65.9 Å². The number of hydrogen-bond donors (Lipinski definition) is 3. The van der Waals surface area contributed by atoms with Crippen LogP contribution in [0.1, 0.15) is 73.9 Å². The molecule has 3 N–H and O–H groups in total. The van der Waals surface area contributed by atoms with Crippen LogP contribution < -0.4 is 16.5 Å². The number of thiazole rings is 1. The monoisotopic (exact) mass is 854 g/mol.